The molecule has 0 fully saturated rings. The van der Waals surface area contributed by atoms with E-state index < -0.39 is 11.8 Å². The van der Waals surface area contributed by atoms with Crippen molar-refractivity contribution in [2.45, 2.75) is 26.9 Å². The third kappa shape index (κ3) is 7.82. The van der Waals surface area contributed by atoms with Crippen molar-refractivity contribution in [3.8, 4) is 17.2 Å². The van der Waals surface area contributed by atoms with Gasteiger partial charge in [-0.3, -0.25) is 9.59 Å². The highest BCUT2D eigenvalue weighted by atomic mass is 16.5. The predicted octanol–water partition coefficient (Wildman–Crippen LogP) is 5.70. The molecule has 4 rings (SSSR count). The molecule has 0 unspecified atom stereocenters. The Hall–Kier alpha value is -4.85. The first-order chi connectivity index (χ1) is 19.1. The minimum Gasteiger partial charge on any atom is -0.494 e. The largest absolute Gasteiger partial charge is 0.494 e. The maximum absolute atomic E-state index is 12.2. The van der Waals surface area contributed by atoms with Crippen LogP contribution >= 0.6 is 0 Å². The number of amides is 2. The van der Waals surface area contributed by atoms with Gasteiger partial charge in [0, 0.05) is 5.69 Å². The molecule has 8 heteroatoms. The summed E-state index contributed by atoms with van der Waals surface area (Å²) in [4.78, 5) is 24.3. The summed E-state index contributed by atoms with van der Waals surface area (Å²) in [5.74, 6) is 0.909. The van der Waals surface area contributed by atoms with Gasteiger partial charge in [-0.15, -0.1) is 0 Å². The van der Waals surface area contributed by atoms with Gasteiger partial charge < -0.3 is 19.5 Å². The van der Waals surface area contributed by atoms with Crippen molar-refractivity contribution in [3.63, 3.8) is 0 Å². The molecule has 0 heterocycles. The monoisotopic (exact) mass is 525 g/mol. The number of fused-ring (bicyclic) bond motifs is 1. The van der Waals surface area contributed by atoms with E-state index in [1.807, 2.05) is 50.2 Å². The number of hydrogen-bond donors (Lipinski definition) is 2. The number of nitrogens with one attached hydrogen (secondary N) is 2. The highest BCUT2D eigenvalue weighted by Crippen LogP contribution is 2.30. The molecule has 2 N–H and O–H groups in total. The molecular weight excluding hydrogens is 494 g/mol. The van der Waals surface area contributed by atoms with E-state index in [1.165, 1.54) is 6.21 Å². The topological polar surface area (TPSA) is 98.2 Å². The molecule has 8 nitrogen and oxygen atoms in total. The van der Waals surface area contributed by atoms with Crippen molar-refractivity contribution >= 4 is 34.5 Å². The zero-order valence-corrected chi connectivity index (χ0v) is 22.0. The fourth-order valence-electron chi connectivity index (χ4n) is 3.94. The molecule has 0 bridgehead atoms. The van der Waals surface area contributed by atoms with Crippen LogP contribution in [0.1, 0.15) is 31.4 Å². The molecule has 0 aliphatic heterocycles. The third-order valence-electron chi connectivity index (χ3n) is 5.70. The molecule has 0 radical (unpaired) electrons. The van der Waals surface area contributed by atoms with Gasteiger partial charge in [0.25, 0.3) is 0 Å². The lowest BCUT2D eigenvalue weighted by molar-refractivity contribution is -0.126. The van der Waals surface area contributed by atoms with Crippen molar-refractivity contribution in [1.82, 2.24) is 5.43 Å². The summed E-state index contributed by atoms with van der Waals surface area (Å²) in [5.41, 5.74) is 4.74. The normalized spacial score (nSPS) is 10.8. The highest BCUT2D eigenvalue weighted by Gasteiger charge is 2.10. The van der Waals surface area contributed by atoms with E-state index in [1.54, 1.807) is 30.3 Å². The van der Waals surface area contributed by atoms with Crippen LogP contribution in [0.25, 0.3) is 10.8 Å². The zero-order chi connectivity index (χ0) is 27.5. The van der Waals surface area contributed by atoms with Gasteiger partial charge in [-0.2, -0.15) is 5.10 Å². The van der Waals surface area contributed by atoms with Gasteiger partial charge >= 0.3 is 0 Å². The van der Waals surface area contributed by atoms with Crippen LogP contribution in [0.2, 0.25) is 0 Å². The van der Waals surface area contributed by atoms with Crippen LogP contribution in [-0.2, 0) is 16.2 Å². The van der Waals surface area contributed by atoms with Crippen LogP contribution in [0.15, 0.2) is 90.0 Å². The average Bonchev–Trinajstić information content (AvgIpc) is 2.94. The molecule has 0 saturated heterocycles. The molecule has 0 saturated carbocycles. The maximum Gasteiger partial charge on any atom is 0.249 e. The number of hydrazone groups is 1. The Morgan fingerprint density at radius 3 is 2.36 bits per heavy atom. The number of benzene rings is 4. The number of carbonyl (C=O) groups is 2. The Balaban J connectivity index is 1.31. The number of hydrogen-bond acceptors (Lipinski definition) is 6. The van der Waals surface area contributed by atoms with Crippen LogP contribution in [0.4, 0.5) is 5.69 Å². The fraction of sp³-hybridized carbons (Fsp3) is 0.194. The lowest BCUT2D eigenvalue weighted by Gasteiger charge is -2.13. The SMILES string of the molecule is CCOc1ccc(NC(=O)CC(=O)NN=Cc2ccc(OCc3cccc4ccccc34)c(OCC)c2)cc1. The molecule has 0 spiro atoms. The summed E-state index contributed by atoms with van der Waals surface area (Å²) in [6, 6.07) is 26.7. The molecule has 0 aromatic heterocycles. The quantitative estimate of drug-likeness (QED) is 0.141. The van der Waals surface area contributed by atoms with Crippen LogP contribution in [0, 0.1) is 0 Å². The molecule has 0 atom stereocenters. The van der Waals surface area contributed by atoms with Gasteiger partial charge in [-0.25, -0.2) is 5.43 Å². The van der Waals surface area contributed by atoms with E-state index in [4.69, 9.17) is 14.2 Å². The standard InChI is InChI=1S/C31H31N3O5/c1-3-37-26-15-13-25(14-16-26)33-30(35)19-31(36)34-32-20-22-12-17-28(29(18-22)38-4-2)39-21-24-10-7-9-23-8-5-6-11-27(23)24/h5-18,20H,3-4,19,21H2,1-2H3,(H,33,35)(H,34,36). The van der Waals surface area contributed by atoms with E-state index in [2.05, 4.69) is 34.0 Å². The number of nitrogens with zero attached hydrogens (tertiary/aromatic N) is 1. The van der Waals surface area contributed by atoms with Crippen molar-refractivity contribution in [3.05, 3.63) is 96.1 Å². The zero-order valence-electron chi connectivity index (χ0n) is 22.0. The minimum absolute atomic E-state index is 0.365. The molecule has 2 amide bonds. The number of ether oxygens (including phenoxy) is 3. The Kier molecular flexibility index (Phi) is 9.50. The van der Waals surface area contributed by atoms with Crippen LogP contribution in [0.3, 0.4) is 0 Å². The molecule has 4 aromatic rings. The molecule has 39 heavy (non-hydrogen) atoms. The first-order valence-corrected chi connectivity index (χ1v) is 12.8. The fourth-order valence-corrected chi connectivity index (χ4v) is 3.94. The second-order valence-corrected chi connectivity index (χ2v) is 8.54. The van der Waals surface area contributed by atoms with Crippen molar-refractivity contribution in [1.29, 1.82) is 0 Å². The lowest BCUT2D eigenvalue weighted by atomic mass is 10.1. The van der Waals surface area contributed by atoms with Crippen molar-refractivity contribution < 1.29 is 23.8 Å². The highest BCUT2D eigenvalue weighted by molar-refractivity contribution is 6.03. The second-order valence-electron chi connectivity index (χ2n) is 8.54. The molecule has 4 aromatic carbocycles. The Morgan fingerprint density at radius 2 is 1.56 bits per heavy atom. The van der Waals surface area contributed by atoms with E-state index in [0.717, 1.165) is 16.3 Å². The Morgan fingerprint density at radius 1 is 0.795 bits per heavy atom. The summed E-state index contributed by atoms with van der Waals surface area (Å²) < 4.78 is 17.3. The smallest absolute Gasteiger partial charge is 0.249 e. The number of anilines is 1. The molecule has 200 valence electrons. The summed E-state index contributed by atoms with van der Waals surface area (Å²) >= 11 is 0. The predicted molar refractivity (Wildman–Crippen MR) is 152 cm³/mol. The van der Waals surface area contributed by atoms with Gasteiger partial charge in [0.15, 0.2) is 11.5 Å². The number of rotatable bonds is 12. The van der Waals surface area contributed by atoms with Gasteiger partial charge in [-0.05, 0) is 78.2 Å². The second kappa shape index (κ2) is 13.6. The summed E-state index contributed by atoms with van der Waals surface area (Å²) in [7, 11) is 0. The number of carbonyl (C=O) groups excluding carboxylic acids is 2. The average molecular weight is 526 g/mol. The summed E-state index contributed by atoms with van der Waals surface area (Å²) in [6.07, 6.45) is 1.12. The van der Waals surface area contributed by atoms with Crippen molar-refractivity contribution in [2.24, 2.45) is 5.10 Å². The first-order valence-electron chi connectivity index (χ1n) is 12.8. The Bertz CT molecular complexity index is 1450. The third-order valence-corrected chi connectivity index (χ3v) is 5.70. The van der Waals surface area contributed by atoms with E-state index in [9.17, 15) is 9.59 Å². The van der Waals surface area contributed by atoms with Gasteiger partial charge in [0.05, 0.1) is 19.4 Å². The summed E-state index contributed by atoms with van der Waals surface area (Å²) in [5, 5.41) is 8.95. The van der Waals surface area contributed by atoms with Gasteiger partial charge in [0.2, 0.25) is 11.8 Å². The van der Waals surface area contributed by atoms with Gasteiger partial charge in [0.1, 0.15) is 18.8 Å². The maximum atomic E-state index is 12.2. The van der Waals surface area contributed by atoms with E-state index >= 15 is 0 Å². The van der Waals surface area contributed by atoms with Crippen LogP contribution in [-0.4, -0.2) is 31.2 Å². The van der Waals surface area contributed by atoms with Crippen LogP contribution in [0.5, 0.6) is 17.2 Å². The minimum atomic E-state index is -0.533. The van der Waals surface area contributed by atoms with Crippen molar-refractivity contribution in [2.75, 3.05) is 18.5 Å². The Labute approximate surface area is 227 Å². The molecular formula is C31H31N3O5. The first kappa shape index (κ1) is 27.2. The lowest BCUT2D eigenvalue weighted by Crippen LogP contribution is -2.24. The van der Waals surface area contributed by atoms with Crippen LogP contribution < -0.4 is 25.0 Å². The summed E-state index contributed by atoms with van der Waals surface area (Å²) in [6.45, 7) is 5.21. The molecule has 0 aliphatic rings. The molecule has 0 aliphatic carbocycles. The van der Waals surface area contributed by atoms with E-state index in [-0.39, 0.29) is 6.42 Å². The van der Waals surface area contributed by atoms with Gasteiger partial charge in [-0.1, -0.05) is 42.5 Å². The van der Waals surface area contributed by atoms with E-state index in [0.29, 0.717) is 48.3 Å².